The van der Waals surface area contributed by atoms with E-state index in [4.69, 9.17) is 0 Å². The van der Waals surface area contributed by atoms with Gasteiger partial charge in [-0.25, -0.2) is 4.98 Å². The number of carbonyl (C=O) groups is 1. The van der Waals surface area contributed by atoms with Crippen molar-refractivity contribution in [2.24, 2.45) is 0 Å². The second-order valence-electron chi connectivity index (χ2n) is 3.42. The van der Waals surface area contributed by atoms with Gasteiger partial charge >= 0.3 is 0 Å². The molecule has 6 heteroatoms. The molecule has 0 aliphatic heterocycles. The van der Waals surface area contributed by atoms with Gasteiger partial charge in [0.05, 0.1) is 24.0 Å². The number of hydrogen-bond donors (Lipinski definition) is 2. The zero-order valence-corrected chi connectivity index (χ0v) is 9.89. The summed E-state index contributed by atoms with van der Waals surface area (Å²) in [7, 11) is 0. The Labute approximate surface area is 96.9 Å². The Morgan fingerprint density at radius 1 is 1.56 bits per heavy atom. The molecular formula is C10H12N4OS. The topological polar surface area (TPSA) is 70.7 Å². The summed E-state index contributed by atoms with van der Waals surface area (Å²) >= 11 is 1.60. The van der Waals surface area contributed by atoms with Crippen LogP contribution < -0.4 is 5.32 Å². The number of aromatic nitrogens is 3. The van der Waals surface area contributed by atoms with E-state index in [1.54, 1.807) is 17.5 Å². The predicted molar refractivity (Wildman–Crippen MR) is 61.3 cm³/mol. The highest BCUT2D eigenvalue weighted by Gasteiger charge is 2.08. The summed E-state index contributed by atoms with van der Waals surface area (Å²) in [5, 5.41) is 10.0. The largest absolute Gasteiger partial charge is 0.345 e. The van der Waals surface area contributed by atoms with Gasteiger partial charge in [0.15, 0.2) is 0 Å². The van der Waals surface area contributed by atoms with Crippen molar-refractivity contribution >= 4 is 17.2 Å². The number of H-pyrrole nitrogens is 1. The third kappa shape index (κ3) is 2.27. The number of amides is 1. The van der Waals surface area contributed by atoms with Gasteiger partial charge < -0.3 is 5.32 Å². The molecule has 0 aromatic carbocycles. The van der Waals surface area contributed by atoms with Gasteiger partial charge in [-0.3, -0.25) is 9.89 Å². The summed E-state index contributed by atoms with van der Waals surface area (Å²) in [4.78, 5) is 17.1. The quantitative estimate of drug-likeness (QED) is 0.846. The van der Waals surface area contributed by atoms with Crippen molar-refractivity contribution in [2.75, 3.05) is 0 Å². The van der Waals surface area contributed by atoms with Crippen molar-refractivity contribution in [1.82, 2.24) is 20.5 Å². The summed E-state index contributed by atoms with van der Waals surface area (Å²) in [6.07, 6.45) is 3.06. The minimum absolute atomic E-state index is 0.140. The number of rotatable bonds is 3. The van der Waals surface area contributed by atoms with E-state index in [0.717, 1.165) is 10.7 Å². The van der Waals surface area contributed by atoms with E-state index >= 15 is 0 Å². The number of nitrogens with one attached hydrogen (secondary N) is 2. The monoisotopic (exact) mass is 236 g/mol. The summed E-state index contributed by atoms with van der Waals surface area (Å²) in [5.41, 5.74) is 1.56. The first kappa shape index (κ1) is 10.8. The SMILES string of the molecule is Cc1nc(CNC(=O)c2cn[nH]c2)sc1C. The highest BCUT2D eigenvalue weighted by molar-refractivity contribution is 7.11. The molecule has 0 aliphatic rings. The number of aryl methyl sites for hydroxylation is 2. The van der Waals surface area contributed by atoms with E-state index in [1.165, 1.54) is 11.1 Å². The fourth-order valence-corrected chi connectivity index (χ4v) is 2.12. The van der Waals surface area contributed by atoms with Crippen LogP contribution in [0, 0.1) is 13.8 Å². The minimum Gasteiger partial charge on any atom is -0.345 e. The Morgan fingerprint density at radius 2 is 2.38 bits per heavy atom. The first-order chi connectivity index (χ1) is 7.66. The number of nitrogens with zero attached hydrogens (tertiary/aromatic N) is 2. The van der Waals surface area contributed by atoms with Gasteiger partial charge in [0.1, 0.15) is 5.01 Å². The Kier molecular flexibility index (Phi) is 3.00. The summed E-state index contributed by atoms with van der Waals surface area (Å²) in [5.74, 6) is -0.140. The lowest BCUT2D eigenvalue weighted by molar-refractivity contribution is 0.0951. The second kappa shape index (κ2) is 4.44. The van der Waals surface area contributed by atoms with Crippen molar-refractivity contribution in [2.45, 2.75) is 20.4 Å². The van der Waals surface area contributed by atoms with E-state index in [2.05, 4.69) is 20.5 Å². The highest BCUT2D eigenvalue weighted by Crippen LogP contribution is 2.15. The summed E-state index contributed by atoms with van der Waals surface area (Å²) in [6.45, 7) is 4.45. The number of aromatic amines is 1. The van der Waals surface area contributed by atoms with Crippen LogP contribution in [0.4, 0.5) is 0 Å². The normalized spacial score (nSPS) is 10.4. The van der Waals surface area contributed by atoms with E-state index in [1.807, 2.05) is 13.8 Å². The molecule has 0 fully saturated rings. The summed E-state index contributed by atoms with van der Waals surface area (Å²) in [6, 6.07) is 0. The Bertz CT molecular complexity index is 469. The third-order valence-corrected chi connectivity index (χ3v) is 3.31. The molecule has 0 saturated heterocycles. The molecule has 0 saturated carbocycles. The molecule has 0 atom stereocenters. The lowest BCUT2D eigenvalue weighted by Crippen LogP contribution is -2.22. The van der Waals surface area contributed by atoms with Gasteiger partial charge in [0.25, 0.3) is 5.91 Å². The maximum Gasteiger partial charge on any atom is 0.254 e. The molecule has 16 heavy (non-hydrogen) atoms. The Hall–Kier alpha value is -1.69. The van der Waals surface area contributed by atoms with Gasteiger partial charge in [-0.2, -0.15) is 5.10 Å². The third-order valence-electron chi connectivity index (χ3n) is 2.23. The zero-order chi connectivity index (χ0) is 11.5. The molecule has 1 amide bonds. The van der Waals surface area contributed by atoms with Crippen LogP contribution >= 0.6 is 11.3 Å². The van der Waals surface area contributed by atoms with Crippen LogP contribution in [-0.2, 0) is 6.54 Å². The predicted octanol–water partition coefficient (Wildman–Crippen LogP) is 1.41. The lowest BCUT2D eigenvalue weighted by Gasteiger charge is -1.99. The smallest absolute Gasteiger partial charge is 0.254 e. The minimum atomic E-state index is -0.140. The van der Waals surface area contributed by atoms with Crippen LogP contribution in [0.5, 0.6) is 0 Å². The molecule has 2 rings (SSSR count). The fourth-order valence-electron chi connectivity index (χ4n) is 1.25. The van der Waals surface area contributed by atoms with Crippen LogP contribution in [0.15, 0.2) is 12.4 Å². The van der Waals surface area contributed by atoms with Crippen molar-refractivity contribution < 1.29 is 4.79 Å². The molecule has 2 aromatic rings. The van der Waals surface area contributed by atoms with Gasteiger partial charge in [-0.15, -0.1) is 11.3 Å². The van der Waals surface area contributed by atoms with Crippen molar-refractivity contribution in [3.8, 4) is 0 Å². The first-order valence-electron chi connectivity index (χ1n) is 4.86. The van der Waals surface area contributed by atoms with Gasteiger partial charge in [0, 0.05) is 11.1 Å². The zero-order valence-electron chi connectivity index (χ0n) is 9.07. The maximum absolute atomic E-state index is 11.6. The second-order valence-corrected chi connectivity index (χ2v) is 4.71. The van der Waals surface area contributed by atoms with Gasteiger partial charge in [-0.05, 0) is 13.8 Å². The van der Waals surface area contributed by atoms with Crippen molar-refractivity contribution in [1.29, 1.82) is 0 Å². The number of thiazole rings is 1. The molecule has 0 bridgehead atoms. The highest BCUT2D eigenvalue weighted by atomic mass is 32.1. The number of carbonyl (C=O) groups excluding carboxylic acids is 1. The molecule has 0 spiro atoms. The van der Waals surface area contributed by atoms with Gasteiger partial charge in [0.2, 0.25) is 0 Å². The molecule has 84 valence electrons. The van der Waals surface area contributed by atoms with Crippen LogP contribution in [0.1, 0.15) is 25.9 Å². The van der Waals surface area contributed by atoms with E-state index < -0.39 is 0 Å². The molecule has 0 unspecified atom stereocenters. The van der Waals surface area contributed by atoms with Gasteiger partial charge in [-0.1, -0.05) is 0 Å². The standard InChI is InChI=1S/C10H12N4OS/c1-6-7(2)16-9(14-6)5-11-10(15)8-3-12-13-4-8/h3-4H,5H2,1-2H3,(H,11,15)(H,12,13). The van der Waals surface area contributed by atoms with Crippen LogP contribution in [0.2, 0.25) is 0 Å². The molecule has 0 aliphatic carbocycles. The van der Waals surface area contributed by atoms with Crippen LogP contribution in [-0.4, -0.2) is 21.1 Å². The lowest BCUT2D eigenvalue weighted by atomic mass is 10.3. The van der Waals surface area contributed by atoms with Crippen molar-refractivity contribution in [3.05, 3.63) is 33.5 Å². The molecule has 2 aromatic heterocycles. The van der Waals surface area contributed by atoms with E-state index in [-0.39, 0.29) is 5.91 Å². The van der Waals surface area contributed by atoms with Crippen LogP contribution in [0.3, 0.4) is 0 Å². The average Bonchev–Trinajstić information content (AvgIpc) is 2.86. The fraction of sp³-hybridized carbons (Fsp3) is 0.300. The number of hydrogen-bond acceptors (Lipinski definition) is 4. The molecule has 2 N–H and O–H groups in total. The maximum atomic E-state index is 11.6. The molecule has 0 radical (unpaired) electrons. The van der Waals surface area contributed by atoms with E-state index in [9.17, 15) is 4.79 Å². The van der Waals surface area contributed by atoms with E-state index in [0.29, 0.717) is 12.1 Å². The Morgan fingerprint density at radius 3 is 2.94 bits per heavy atom. The summed E-state index contributed by atoms with van der Waals surface area (Å²) < 4.78 is 0. The average molecular weight is 236 g/mol. The molecular weight excluding hydrogens is 224 g/mol. The van der Waals surface area contributed by atoms with Crippen LogP contribution in [0.25, 0.3) is 0 Å². The first-order valence-corrected chi connectivity index (χ1v) is 5.68. The molecule has 2 heterocycles. The Balaban J connectivity index is 1.95. The van der Waals surface area contributed by atoms with Crippen molar-refractivity contribution in [3.63, 3.8) is 0 Å². The molecule has 5 nitrogen and oxygen atoms in total.